The molecule has 1 aromatic carbocycles. The fraction of sp³-hybridized carbons (Fsp3) is 0.154. The van der Waals surface area contributed by atoms with Gasteiger partial charge in [0.05, 0.1) is 4.90 Å². The van der Waals surface area contributed by atoms with Crippen LogP contribution in [-0.4, -0.2) is 26.0 Å². The number of sulfonamides is 1. The number of nitrogens with one attached hydrogen (secondary N) is 1. The first-order valence-corrected chi connectivity index (χ1v) is 8.31. The lowest BCUT2D eigenvalue weighted by Crippen LogP contribution is -2.25. The number of aromatic carboxylic acids is 1. The van der Waals surface area contributed by atoms with Crippen LogP contribution >= 0.6 is 11.3 Å². The summed E-state index contributed by atoms with van der Waals surface area (Å²) in [5.41, 5.74) is 0.675. The van der Waals surface area contributed by atoms with E-state index in [0.29, 0.717) is 12.0 Å². The summed E-state index contributed by atoms with van der Waals surface area (Å²) in [5.74, 6) is -1.54. The number of carboxylic acid groups (broad SMARTS) is 1. The number of carboxylic acids is 1. The third-order valence-corrected chi connectivity index (χ3v) is 5.20. The average Bonchev–Trinajstić information content (AvgIpc) is 2.89. The quantitative estimate of drug-likeness (QED) is 0.850. The van der Waals surface area contributed by atoms with Gasteiger partial charge in [-0.05, 0) is 30.2 Å². The number of halogens is 1. The summed E-state index contributed by atoms with van der Waals surface area (Å²) >= 11 is 0.848. The molecular formula is C13H12FNO4S2. The molecule has 2 rings (SSSR count). The predicted octanol–water partition coefficient (Wildman–Crippen LogP) is 2.11. The standard InChI is InChI=1S/C13H12FNO4S2/c14-10-3-1-2-9(6-10)4-5-15-21(18,19)11-7-12(13(16)17)20-8-11/h1-3,6-8,15H,4-5H2,(H,16,17). The molecule has 0 amide bonds. The molecule has 2 aromatic rings. The minimum absolute atomic E-state index is 0.0412. The second-order valence-electron chi connectivity index (χ2n) is 4.23. The van der Waals surface area contributed by atoms with Crippen LogP contribution in [0, 0.1) is 5.82 Å². The highest BCUT2D eigenvalue weighted by Gasteiger charge is 2.17. The average molecular weight is 329 g/mol. The molecule has 1 heterocycles. The fourth-order valence-electron chi connectivity index (χ4n) is 1.68. The van der Waals surface area contributed by atoms with Gasteiger partial charge in [-0.3, -0.25) is 0 Å². The Bertz CT molecular complexity index is 755. The topological polar surface area (TPSA) is 83.5 Å². The summed E-state index contributed by atoms with van der Waals surface area (Å²) in [6, 6.07) is 7.01. The van der Waals surface area contributed by atoms with E-state index < -0.39 is 16.0 Å². The Morgan fingerprint density at radius 1 is 1.33 bits per heavy atom. The molecule has 0 atom stereocenters. The van der Waals surface area contributed by atoms with Crippen LogP contribution in [0.4, 0.5) is 4.39 Å². The third kappa shape index (κ3) is 4.10. The van der Waals surface area contributed by atoms with Crippen molar-refractivity contribution in [2.75, 3.05) is 6.54 Å². The van der Waals surface area contributed by atoms with Crippen LogP contribution in [0.25, 0.3) is 0 Å². The molecule has 8 heteroatoms. The summed E-state index contributed by atoms with van der Waals surface area (Å²) in [5, 5.41) is 10.0. The van der Waals surface area contributed by atoms with E-state index in [2.05, 4.69) is 4.72 Å². The Labute approximate surface area is 125 Å². The minimum atomic E-state index is -3.75. The molecule has 0 radical (unpaired) electrons. The van der Waals surface area contributed by atoms with E-state index in [1.54, 1.807) is 12.1 Å². The Morgan fingerprint density at radius 2 is 2.10 bits per heavy atom. The van der Waals surface area contributed by atoms with Crippen molar-refractivity contribution in [3.63, 3.8) is 0 Å². The first kappa shape index (κ1) is 15.6. The molecule has 2 N–H and O–H groups in total. The van der Waals surface area contributed by atoms with Crippen molar-refractivity contribution < 1.29 is 22.7 Å². The molecule has 0 aliphatic heterocycles. The highest BCUT2D eigenvalue weighted by atomic mass is 32.2. The summed E-state index contributed by atoms with van der Waals surface area (Å²) in [6.45, 7) is 0.101. The van der Waals surface area contributed by atoms with Gasteiger partial charge in [-0.25, -0.2) is 22.3 Å². The second-order valence-corrected chi connectivity index (χ2v) is 6.91. The predicted molar refractivity (Wildman–Crippen MR) is 76.6 cm³/mol. The number of benzene rings is 1. The smallest absolute Gasteiger partial charge is 0.345 e. The Morgan fingerprint density at radius 3 is 2.71 bits per heavy atom. The number of carbonyl (C=O) groups is 1. The summed E-state index contributed by atoms with van der Waals surface area (Å²) < 4.78 is 39.2. The molecule has 0 saturated carbocycles. The van der Waals surface area contributed by atoms with E-state index >= 15 is 0 Å². The molecular weight excluding hydrogens is 317 g/mol. The lowest BCUT2D eigenvalue weighted by molar-refractivity contribution is 0.0702. The third-order valence-electron chi connectivity index (χ3n) is 2.69. The van der Waals surface area contributed by atoms with Crippen LogP contribution in [0.5, 0.6) is 0 Å². The van der Waals surface area contributed by atoms with E-state index in [0.717, 1.165) is 17.4 Å². The van der Waals surface area contributed by atoms with Gasteiger partial charge < -0.3 is 5.11 Å². The van der Waals surface area contributed by atoms with Crippen LogP contribution in [0.1, 0.15) is 15.2 Å². The van der Waals surface area contributed by atoms with Crippen LogP contribution in [0.15, 0.2) is 40.6 Å². The lowest BCUT2D eigenvalue weighted by Gasteiger charge is -2.05. The number of thiophene rings is 1. The zero-order valence-corrected chi connectivity index (χ0v) is 12.4. The highest BCUT2D eigenvalue weighted by molar-refractivity contribution is 7.89. The molecule has 112 valence electrons. The largest absolute Gasteiger partial charge is 0.477 e. The molecule has 0 bridgehead atoms. The van der Waals surface area contributed by atoms with Crippen LogP contribution in [0.3, 0.4) is 0 Å². The molecule has 0 saturated heterocycles. The maximum Gasteiger partial charge on any atom is 0.345 e. The van der Waals surface area contributed by atoms with Crippen molar-refractivity contribution in [2.45, 2.75) is 11.3 Å². The maximum absolute atomic E-state index is 13.0. The van der Waals surface area contributed by atoms with Crippen molar-refractivity contribution in [3.8, 4) is 0 Å². The highest BCUT2D eigenvalue weighted by Crippen LogP contribution is 2.19. The van der Waals surface area contributed by atoms with Gasteiger partial charge in [-0.15, -0.1) is 11.3 Å². The first-order chi connectivity index (χ1) is 9.88. The Balaban J connectivity index is 1.99. The van der Waals surface area contributed by atoms with Gasteiger partial charge in [-0.1, -0.05) is 12.1 Å². The maximum atomic E-state index is 13.0. The molecule has 0 aliphatic carbocycles. The van der Waals surface area contributed by atoms with Crippen LogP contribution < -0.4 is 4.72 Å². The second kappa shape index (κ2) is 6.33. The molecule has 0 fully saturated rings. The number of hydrogen-bond acceptors (Lipinski definition) is 4. The summed E-state index contributed by atoms with van der Waals surface area (Å²) in [4.78, 5) is 10.6. The zero-order valence-electron chi connectivity index (χ0n) is 10.7. The molecule has 0 aliphatic rings. The van der Waals surface area contributed by atoms with E-state index in [1.165, 1.54) is 17.5 Å². The van der Waals surface area contributed by atoms with Crippen LogP contribution in [0.2, 0.25) is 0 Å². The zero-order chi connectivity index (χ0) is 15.5. The molecule has 21 heavy (non-hydrogen) atoms. The summed E-state index contributed by atoms with van der Waals surface area (Å²) in [7, 11) is -3.75. The first-order valence-electron chi connectivity index (χ1n) is 5.94. The molecule has 0 unspecified atom stereocenters. The Hall–Kier alpha value is -1.77. The van der Waals surface area contributed by atoms with Gasteiger partial charge in [0.1, 0.15) is 10.7 Å². The van der Waals surface area contributed by atoms with Gasteiger partial charge in [-0.2, -0.15) is 0 Å². The van der Waals surface area contributed by atoms with Crippen molar-refractivity contribution in [1.29, 1.82) is 0 Å². The van der Waals surface area contributed by atoms with E-state index in [9.17, 15) is 17.6 Å². The van der Waals surface area contributed by atoms with E-state index in [-0.39, 0.29) is 22.1 Å². The van der Waals surface area contributed by atoms with Crippen molar-refractivity contribution in [1.82, 2.24) is 4.72 Å². The molecule has 5 nitrogen and oxygen atoms in total. The van der Waals surface area contributed by atoms with Gasteiger partial charge in [0.15, 0.2) is 0 Å². The van der Waals surface area contributed by atoms with Crippen LogP contribution in [-0.2, 0) is 16.4 Å². The van der Waals surface area contributed by atoms with Crippen molar-refractivity contribution in [3.05, 3.63) is 52.0 Å². The van der Waals surface area contributed by atoms with Gasteiger partial charge in [0.25, 0.3) is 0 Å². The fourth-order valence-corrected chi connectivity index (χ4v) is 3.82. The monoisotopic (exact) mass is 329 g/mol. The summed E-state index contributed by atoms with van der Waals surface area (Å²) in [6.07, 6.45) is 0.340. The normalized spacial score (nSPS) is 11.5. The molecule has 1 aromatic heterocycles. The van der Waals surface area contributed by atoms with Crippen molar-refractivity contribution >= 4 is 27.3 Å². The van der Waals surface area contributed by atoms with E-state index in [1.807, 2.05) is 0 Å². The lowest BCUT2D eigenvalue weighted by atomic mass is 10.1. The van der Waals surface area contributed by atoms with Crippen molar-refractivity contribution in [2.24, 2.45) is 0 Å². The Kier molecular flexibility index (Phi) is 4.71. The SMILES string of the molecule is O=C(O)c1cc(S(=O)(=O)NCCc2cccc(F)c2)cs1. The van der Waals surface area contributed by atoms with E-state index in [4.69, 9.17) is 5.11 Å². The number of hydrogen-bond donors (Lipinski definition) is 2. The molecule has 0 spiro atoms. The minimum Gasteiger partial charge on any atom is -0.477 e. The van der Waals surface area contributed by atoms with Gasteiger partial charge in [0, 0.05) is 11.9 Å². The van der Waals surface area contributed by atoms with Gasteiger partial charge >= 0.3 is 5.97 Å². The number of rotatable bonds is 6. The van der Waals surface area contributed by atoms with Gasteiger partial charge in [0.2, 0.25) is 10.0 Å².